The summed E-state index contributed by atoms with van der Waals surface area (Å²) in [5, 5.41) is 8.22. The predicted octanol–water partition coefficient (Wildman–Crippen LogP) is 3.96. The molecule has 1 unspecified atom stereocenters. The second kappa shape index (κ2) is 7.22. The fourth-order valence-electron chi connectivity index (χ4n) is 2.26. The lowest BCUT2D eigenvalue weighted by Crippen LogP contribution is -2.23. The lowest BCUT2D eigenvalue weighted by Gasteiger charge is -2.17. The molecular formula is C16H22IN3. The summed E-state index contributed by atoms with van der Waals surface area (Å²) in [6.07, 6.45) is 2.99. The van der Waals surface area contributed by atoms with Crippen LogP contribution >= 0.6 is 22.6 Å². The molecule has 1 aromatic heterocycles. The summed E-state index contributed by atoms with van der Waals surface area (Å²) < 4.78 is 3.29. The zero-order valence-corrected chi connectivity index (χ0v) is 14.5. The average Bonchev–Trinajstić information content (AvgIpc) is 2.87. The van der Waals surface area contributed by atoms with Gasteiger partial charge in [0, 0.05) is 28.3 Å². The summed E-state index contributed by atoms with van der Waals surface area (Å²) in [4.78, 5) is 0. The molecule has 3 nitrogen and oxygen atoms in total. The maximum Gasteiger partial charge on any atom is 0.0643 e. The van der Waals surface area contributed by atoms with E-state index in [-0.39, 0.29) is 0 Å². The SMILES string of the molecule is CCNC(Cc1ccn(C(C)C)n1)c1cccc(I)c1. The van der Waals surface area contributed by atoms with Gasteiger partial charge in [-0.15, -0.1) is 0 Å². The van der Waals surface area contributed by atoms with E-state index in [2.05, 4.69) is 90.3 Å². The van der Waals surface area contributed by atoms with Gasteiger partial charge in [0.15, 0.2) is 0 Å². The Hall–Kier alpha value is -0.880. The highest BCUT2D eigenvalue weighted by molar-refractivity contribution is 14.1. The first-order valence-corrected chi connectivity index (χ1v) is 8.21. The molecule has 0 saturated heterocycles. The maximum atomic E-state index is 4.65. The highest BCUT2D eigenvalue weighted by atomic mass is 127. The van der Waals surface area contributed by atoms with Crippen molar-refractivity contribution in [2.45, 2.75) is 39.3 Å². The molecule has 0 aliphatic rings. The second-order valence-electron chi connectivity index (χ2n) is 5.25. The number of nitrogens with one attached hydrogen (secondary N) is 1. The first-order chi connectivity index (χ1) is 9.60. The fraction of sp³-hybridized carbons (Fsp3) is 0.438. The minimum absolute atomic E-state index is 0.324. The van der Waals surface area contributed by atoms with E-state index < -0.39 is 0 Å². The molecule has 0 aliphatic carbocycles. The van der Waals surface area contributed by atoms with Crippen LogP contribution in [0.3, 0.4) is 0 Å². The van der Waals surface area contributed by atoms with E-state index >= 15 is 0 Å². The highest BCUT2D eigenvalue weighted by Gasteiger charge is 2.13. The zero-order valence-electron chi connectivity index (χ0n) is 12.3. The third kappa shape index (κ3) is 4.06. The van der Waals surface area contributed by atoms with Crippen molar-refractivity contribution in [2.24, 2.45) is 0 Å². The smallest absolute Gasteiger partial charge is 0.0643 e. The van der Waals surface area contributed by atoms with Gasteiger partial charge in [0.1, 0.15) is 0 Å². The molecule has 0 bridgehead atoms. The summed E-state index contributed by atoms with van der Waals surface area (Å²) in [5.41, 5.74) is 2.47. The van der Waals surface area contributed by atoms with Crippen LogP contribution < -0.4 is 5.32 Å². The Balaban J connectivity index is 2.16. The lowest BCUT2D eigenvalue weighted by molar-refractivity contribution is 0.506. The van der Waals surface area contributed by atoms with Crippen LogP contribution in [0.5, 0.6) is 0 Å². The molecule has 0 fully saturated rings. The Morgan fingerprint density at radius 2 is 2.10 bits per heavy atom. The van der Waals surface area contributed by atoms with Crippen molar-refractivity contribution in [1.29, 1.82) is 0 Å². The van der Waals surface area contributed by atoms with Gasteiger partial charge >= 0.3 is 0 Å². The van der Waals surface area contributed by atoms with Crippen molar-refractivity contribution in [3.05, 3.63) is 51.4 Å². The molecule has 2 rings (SSSR count). The zero-order chi connectivity index (χ0) is 14.5. The average molecular weight is 383 g/mol. The second-order valence-corrected chi connectivity index (χ2v) is 6.50. The van der Waals surface area contributed by atoms with E-state index in [1.807, 2.05) is 4.68 Å². The summed E-state index contributed by atoms with van der Waals surface area (Å²) in [6.45, 7) is 7.41. The van der Waals surface area contributed by atoms with Crippen molar-refractivity contribution in [3.8, 4) is 0 Å². The van der Waals surface area contributed by atoms with Gasteiger partial charge in [0.2, 0.25) is 0 Å². The quantitative estimate of drug-likeness (QED) is 0.766. The van der Waals surface area contributed by atoms with Crippen LogP contribution in [0.15, 0.2) is 36.5 Å². The van der Waals surface area contributed by atoms with Crippen LogP contribution in [0, 0.1) is 3.57 Å². The number of hydrogen-bond acceptors (Lipinski definition) is 2. The molecule has 1 N–H and O–H groups in total. The van der Waals surface area contributed by atoms with Gasteiger partial charge in [0.25, 0.3) is 0 Å². The minimum atomic E-state index is 0.324. The molecule has 0 saturated carbocycles. The molecule has 2 aromatic rings. The summed E-state index contributed by atoms with van der Waals surface area (Å²) in [5.74, 6) is 0. The Kier molecular flexibility index (Phi) is 5.60. The minimum Gasteiger partial charge on any atom is -0.310 e. The molecule has 1 aromatic carbocycles. The van der Waals surface area contributed by atoms with Crippen LogP contribution in [-0.2, 0) is 6.42 Å². The van der Waals surface area contributed by atoms with Gasteiger partial charge in [-0.2, -0.15) is 5.10 Å². The third-order valence-corrected chi connectivity index (χ3v) is 3.98. The van der Waals surface area contributed by atoms with E-state index in [4.69, 9.17) is 0 Å². The van der Waals surface area contributed by atoms with E-state index in [1.54, 1.807) is 0 Å². The van der Waals surface area contributed by atoms with E-state index in [0.717, 1.165) is 18.7 Å². The van der Waals surface area contributed by atoms with Gasteiger partial charge in [-0.25, -0.2) is 0 Å². The van der Waals surface area contributed by atoms with Crippen LogP contribution in [0.4, 0.5) is 0 Å². The molecule has 1 heterocycles. The molecule has 0 amide bonds. The van der Waals surface area contributed by atoms with Gasteiger partial charge < -0.3 is 5.32 Å². The van der Waals surface area contributed by atoms with Crippen LogP contribution in [0.1, 0.15) is 44.1 Å². The topological polar surface area (TPSA) is 29.9 Å². The first-order valence-electron chi connectivity index (χ1n) is 7.13. The number of likely N-dealkylation sites (N-methyl/N-ethyl adjacent to an activating group) is 1. The van der Waals surface area contributed by atoms with Crippen LogP contribution in [0.25, 0.3) is 0 Å². The largest absolute Gasteiger partial charge is 0.310 e. The van der Waals surface area contributed by atoms with Crippen LogP contribution in [-0.4, -0.2) is 16.3 Å². The Labute approximate surface area is 134 Å². The number of hydrogen-bond donors (Lipinski definition) is 1. The van der Waals surface area contributed by atoms with Crippen molar-refractivity contribution in [2.75, 3.05) is 6.54 Å². The summed E-state index contributed by atoms with van der Waals surface area (Å²) >= 11 is 2.36. The van der Waals surface area contributed by atoms with Gasteiger partial charge in [-0.3, -0.25) is 4.68 Å². The Bertz CT molecular complexity index is 548. The highest BCUT2D eigenvalue weighted by Crippen LogP contribution is 2.20. The van der Waals surface area contributed by atoms with Crippen molar-refractivity contribution in [3.63, 3.8) is 0 Å². The predicted molar refractivity (Wildman–Crippen MR) is 91.9 cm³/mol. The van der Waals surface area contributed by atoms with Gasteiger partial charge in [-0.1, -0.05) is 19.1 Å². The monoisotopic (exact) mass is 383 g/mol. The van der Waals surface area contributed by atoms with E-state index in [0.29, 0.717) is 12.1 Å². The third-order valence-electron chi connectivity index (χ3n) is 3.31. The van der Waals surface area contributed by atoms with Crippen LogP contribution in [0.2, 0.25) is 0 Å². The van der Waals surface area contributed by atoms with Gasteiger partial charge in [-0.05, 0) is 66.7 Å². The Morgan fingerprint density at radius 3 is 2.70 bits per heavy atom. The molecule has 108 valence electrons. The molecule has 4 heteroatoms. The molecule has 0 radical (unpaired) electrons. The standard InChI is InChI=1S/C16H22IN3/c1-4-18-16(13-6-5-7-14(17)10-13)11-15-8-9-20(19-15)12(2)3/h5-10,12,16,18H,4,11H2,1-3H3. The number of nitrogens with zero attached hydrogens (tertiary/aromatic N) is 2. The Morgan fingerprint density at radius 1 is 1.30 bits per heavy atom. The normalized spacial score (nSPS) is 12.8. The maximum absolute atomic E-state index is 4.65. The molecule has 20 heavy (non-hydrogen) atoms. The lowest BCUT2D eigenvalue weighted by atomic mass is 10.0. The van der Waals surface area contributed by atoms with E-state index in [9.17, 15) is 0 Å². The van der Waals surface area contributed by atoms with E-state index in [1.165, 1.54) is 9.13 Å². The van der Waals surface area contributed by atoms with Crippen molar-refractivity contribution in [1.82, 2.24) is 15.1 Å². The van der Waals surface area contributed by atoms with Gasteiger partial charge in [0.05, 0.1) is 5.69 Å². The number of rotatable bonds is 6. The van der Waals surface area contributed by atoms with Crippen molar-refractivity contribution >= 4 is 22.6 Å². The number of halogens is 1. The number of benzene rings is 1. The summed E-state index contributed by atoms with van der Waals surface area (Å²) in [7, 11) is 0. The fourth-order valence-corrected chi connectivity index (χ4v) is 2.83. The molecular weight excluding hydrogens is 361 g/mol. The molecule has 0 spiro atoms. The first kappa shape index (κ1) is 15.5. The summed E-state index contributed by atoms with van der Waals surface area (Å²) in [6, 6.07) is 11.5. The molecule has 0 aliphatic heterocycles. The van der Waals surface area contributed by atoms with Crippen molar-refractivity contribution < 1.29 is 0 Å². The molecule has 1 atom stereocenters. The number of aromatic nitrogens is 2.